The molecule has 30 heavy (non-hydrogen) atoms. The summed E-state index contributed by atoms with van der Waals surface area (Å²) in [5.74, 6) is 0.486. The molecular weight excluding hydrogens is 466 g/mol. The Hall–Kier alpha value is -2.38. The first-order chi connectivity index (χ1) is 14.4. The highest BCUT2D eigenvalue weighted by Crippen LogP contribution is 2.33. The summed E-state index contributed by atoms with van der Waals surface area (Å²) in [6, 6.07) is 21.0. The molecule has 0 radical (unpaired) electrons. The zero-order valence-electron chi connectivity index (χ0n) is 16.3. The van der Waals surface area contributed by atoms with Crippen molar-refractivity contribution in [1.29, 1.82) is 0 Å². The molecule has 156 valence electrons. The lowest BCUT2D eigenvalue weighted by Crippen LogP contribution is -2.43. The first-order valence-corrected chi connectivity index (χ1v) is 12.4. The predicted octanol–water partition coefficient (Wildman–Crippen LogP) is 4.20. The minimum atomic E-state index is -3.11. The molecule has 0 unspecified atom stereocenters. The lowest BCUT2D eigenvalue weighted by atomic mass is 10.1. The van der Waals surface area contributed by atoms with Crippen LogP contribution in [0.1, 0.15) is 12.0 Å². The topological polar surface area (TPSA) is 63.7 Å². The Bertz CT molecular complexity index is 1160. The van der Waals surface area contributed by atoms with Crippen molar-refractivity contribution in [2.45, 2.75) is 19.0 Å². The van der Waals surface area contributed by atoms with E-state index in [4.69, 9.17) is 4.74 Å². The lowest BCUT2D eigenvalue weighted by molar-refractivity contribution is -0.136. The fourth-order valence-electron chi connectivity index (χ4n) is 3.77. The monoisotopic (exact) mass is 487 g/mol. The van der Waals surface area contributed by atoms with Crippen LogP contribution in [0.25, 0.3) is 10.8 Å². The van der Waals surface area contributed by atoms with Crippen LogP contribution in [-0.2, 0) is 21.2 Å². The Morgan fingerprint density at radius 3 is 2.50 bits per heavy atom. The van der Waals surface area contributed by atoms with Crippen molar-refractivity contribution < 1.29 is 17.9 Å². The van der Waals surface area contributed by atoms with Crippen molar-refractivity contribution in [2.24, 2.45) is 0 Å². The van der Waals surface area contributed by atoms with Gasteiger partial charge in [0.1, 0.15) is 5.75 Å². The summed E-state index contributed by atoms with van der Waals surface area (Å²) in [4.78, 5) is 14.7. The number of carbonyl (C=O) groups excluding carboxylic acids is 1. The van der Waals surface area contributed by atoms with E-state index >= 15 is 0 Å². The van der Waals surface area contributed by atoms with Crippen molar-refractivity contribution in [2.75, 3.05) is 18.1 Å². The van der Waals surface area contributed by atoms with Crippen molar-refractivity contribution in [3.8, 4) is 5.75 Å². The SMILES string of the molecule is O=C(COc1ccc2ccccc2c1Br)N(Cc1ccccc1)[C@@H]1CCS(=O)(=O)C1. The molecule has 0 bridgehead atoms. The maximum Gasteiger partial charge on any atom is 0.261 e. The van der Waals surface area contributed by atoms with Crippen LogP contribution in [0.2, 0.25) is 0 Å². The third-order valence-electron chi connectivity index (χ3n) is 5.34. The summed E-state index contributed by atoms with van der Waals surface area (Å²) in [6.07, 6.45) is 0.459. The molecule has 4 rings (SSSR count). The summed E-state index contributed by atoms with van der Waals surface area (Å²) in [5, 5.41) is 2.08. The van der Waals surface area contributed by atoms with Gasteiger partial charge in [0.15, 0.2) is 16.4 Å². The van der Waals surface area contributed by atoms with Crippen molar-refractivity contribution >= 4 is 42.4 Å². The van der Waals surface area contributed by atoms with Gasteiger partial charge in [0.2, 0.25) is 0 Å². The molecule has 0 saturated carbocycles. The minimum Gasteiger partial charge on any atom is -0.483 e. The van der Waals surface area contributed by atoms with E-state index in [-0.39, 0.29) is 30.1 Å². The van der Waals surface area contributed by atoms with Gasteiger partial charge in [0.25, 0.3) is 5.91 Å². The molecule has 1 fully saturated rings. The quantitative estimate of drug-likeness (QED) is 0.522. The first kappa shape index (κ1) is 20.9. The van der Waals surface area contributed by atoms with E-state index in [1.807, 2.05) is 66.7 Å². The van der Waals surface area contributed by atoms with Crippen LogP contribution in [0.15, 0.2) is 71.2 Å². The van der Waals surface area contributed by atoms with E-state index in [0.29, 0.717) is 18.7 Å². The summed E-state index contributed by atoms with van der Waals surface area (Å²) in [5.41, 5.74) is 0.960. The number of hydrogen-bond donors (Lipinski definition) is 0. The summed E-state index contributed by atoms with van der Waals surface area (Å²) in [6.45, 7) is 0.211. The summed E-state index contributed by atoms with van der Waals surface area (Å²) < 4.78 is 30.6. The standard InChI is InChI=1S/C23H22BrNO4S/c24-23-20-9-5-4-8-18(20)10-11-21(23)29-15-22(26)25(14-17-6-2-1-3-7-17)19-12-13-30(27,28)16-19/h1-11,19H,12-16H2/t19-/m1/s1. The number of sulfone groups is 1. The third kappa shape index (κ3) is 4.68. The molecule has 0 N–H and O–H groups in total. The van der Waals surface area contributed by atoms with Gasteiger partial charge >= 0.3 is 0 Å². The van der Waals surface area contributed by atoms with Gasteiger partial charge in [0.05, 0.1) is 16.0 Å². The zero-order valence-corrected chi connectivity index (χ0v) is 18.7. The van der Waals surface area contributed by atoms with Crippen LogP contribution in [0.4, 0.5) is 0 Å². The van der Waals surface area contributed by atoms with Crippen LogP contribution in [0.3, 0.4) is 0 Å². The molecule has 7 heteroatoms. The van der Waals surface area contributed by atoms with Crippen LogP contribution in [0.5, 0.6) is 5.75 Å². The highest BCUT2D eigenvalue weighted by Gasteiger charge is 2.34. The number of amides is 1. The fraction of sp³-hybridized carbons (Fsp3) is 0.261. The lowest BCUT2D eigenvalue weighted by Gasteiger charge is -2.28. The van der Waals surface area contributed by atoms with Gasteiger partial charge < -0.3 is 9.64 Å². The van der Waals surface area contributed by atoms with Gasteiger partial charge in [0, 0.05) is 12.6 Å². The maximum atomic E-state index is 13.1. The largest absolute Gasteiger partial charge is 0.483 e. The molecule has 5 nitrogen and oxygen atoms in total. The number of halogens is 1. The Balaban J connectivity index is 1.52. The molecule has 0 spiro atoms. The highest BCUT2D eigenvalue weighted by molar-refractivity contribution is 9.10. The summed E-state index contributed by atoms with van der Waals surface area (Å²) in [7, 11) is -3.11. The number of rotatable bonds is 6. The average molecular weight is 488 g/mol. The molecule has 0 aromatic heterocycles. The molecule has 0 aliphatic carbocycles. The molecule has 1 amide bonds. The molecule has 3 aromatic carbocycles. The van der Waals surface area contributed by atoms with E-state index in [1.54, 1.807) is 4.90 Å². The van der Waals surface area contributed by atoms with E-state index in [0.717, 1.165) is 20.8 Å². The van der Waals surface area contributed by atoms with Crippen molar-refractivity contribution in [1.82, 2.24) is 4.90 Å². The highest BCUT2D eigenvalue weighted by atomic mass is 79.9. The van der Waals surface area contributed by atoms with Gasteiger partial charge in [-0.25, -0.2) is 8.42 Å². The smallest absolute Gasteiger partial charge is 0.261 e. The molecule has 1 saturated heterocycles. The van der Waals surface area contributed by atoms with Gasteiger partial charge in [-0.15, -0.1) is 0 Å². The summed E-state index contributed by atoms with van der Waals surface area (Å²) >= 11 is 3.57. The van der Waals surface area contributed by atoms with E-state index < -0.39 is 9.84 Å². The zero-order chi connectivity index (χ0) is 21.1. The Morgan fingerprint density at radius 2 is 1.77 bits per heavy atom. The number of hydrogen-bond acceptors (Lipinski definition) is 4. The second-order valence-electron chi connectivity index (χ2n) is 7.45. The van der Waals surface area contributed by atoms with Crippen molar-refractivity contribution in [3.05, 3.63) is 76.8 Å². The van der Waals surface area contributed by atoms with E-state index in [9.17, 15) is 13.2 Å². The second-order valence-corrected chi connectivity index (χ2v) is 10.5. The van der Waals surface area contributed by atoms with Crippen LogP contribution < -0.4 is 4.74 Å². The molecule has 1 atom stereocenters. The van der Waals surface area contributed by atoms with E-state index in [1.165, 1.54) is 0 Å². The Kier molecular flexibility index (Phi) is 6.11. The van der Waals surface area contributed by atoms with Gasteiger partial charge in [-0.05, 0) is 44.8 Å². The van der Waals surface area contributed by atoms with Crippen molar-refractivity contribution in [3.63, 3.8) is 0 Å². The van der Waals surface area contributed by atoms with Gasteiger partial charge in [-0.3, -0.25) is 4.79 Å². The van der Waals surface area contributed by atoms with Gasteiger partial charge in [-0.1, -0.05) is 60.7 Å². The van der Waals surface area contributed by atoms with E-state index in [2.05, 4.69) is 15.9 Å². The van der Waals surface area contributed by atoms with Crippen LogP contribution in [0, 0.1) is 0 Å². The maximum absolute atomic E-state index is 13.1. The number of fused-ring (bicyclic) bond motifs is 1. The predicted molar refractivity (Wildman–Crippen MR) is 121 cm³/mol. The van der Waals surface area contributed by atoms with Crippen LogP contribution in [-0.4, -0.2) is 43.4 Å². The average Bonchev–Trinajstić information content (AvgIpc) is 3.11. The Labute approximate surface area is 184 Å². The Morgan fingerprint density at radius 1 is 1.03 bits per heavy atom. The number of benzene rings is 3. The normalized spacial score (nSPS) is 17.7. The van der Waals surface area contributed by atoms with Gasteiger partial charge in [-0.2, -0.15) is 0 Å². The molecule has 1 aliphatic heterocycles. The molecule has 1 aliphatic rings. The first-order valence-electron chi connectivity index (χ1n) is 9.77. The molecule has 1 heterocycles. The van der Waals surface area contributed by atoms with Crippen LogP contribution >= 0.6 is 15.9 Å². The fourth-order valence-corrected chi connectivity index (χ4v) is 6.11. The minimum absolute atomic E-state index is 0.00520. The number of carbonyl (C=O) groups is 1. The third-order valence-corrected chi connectivity index (χ3v) is 7.91. The number of nitrogens with zero attached hydrogens (tertiary/aromatic N) is 1. The second kappa shape index (κ2) is 8.78. The molecular formula is C23H22BrNO4S. The number of ether oxygens (including phenoxy) is 1. The molecule has 3 aromatic rings.